The van der Waals surface area contributed by atoms with E-state index in [9.17, 15) is 18.0 Å². The topological polar surface area (TPSA) is 130 Å². The monoisotopic (exact) mass is 513 g/mol. The van der Waals surface area contributed by atoms with Crippen molar-refractivity contribution in [2.24, 2.45) is 46.3 Å². The Hall–Kier alpha value is -1.19. The lowest BCUT2D eigenvalue weighted by Gasteiger charge is -2.61. The summed E-state index contributed by atoms with van der Waals surface area (Å²) in [6, 6.07) is 0. The van der Waals surface area contributed by atoms with Crippen molar-refractivity contribution in [1.82, 2.24) is 5.32 Å². The summed E-state index contributed by atoms with van der Waals surface area (Å²) < 4.78 is 36.6. The van der Waals surface area contributed by atoms with Crippen molar-refractivity contribution in [2.45, 2.75) is 97.5 Å². The standard InChI is InChI=1S/C26H43NO7S/c1-16(4-9-23(28)27-15-24(29)30)20-7-8-21-19-6-5-17-14-18(34-35(31,32)33)10-12-25(17,2)22(19)11-13-26(20,21)3/h16-22H,4-15H2,1-3H3,(H,27,28)(H,29,30)(H,31,32,33)/t16?,17?,18-,19+,20-,21+,22+,25+,26-/m1/s1. The van der Waals surface area contributed by atoms with Gasteiger partial charge in [0.2, 0.25) is 5.91 Å². The molecule has 4 rings (SSSR count). The molecular formula is C26H43NO7S. The third-order valence-corrected chi connectivity index (χ3v) is 11.4. The quantitative estimate of drug-likeness (QED) is 0.409. The Morgan fingerprint density at radius 3 is 2.40 bits per heavy atom. The number of rotatable bonds is 8. The molecule has 200 valence electrons. The van der Waals surface area contributed by atoms with E-state index in [2.05, 4.69) is 26.1 Å². The van der Waals surface area contributed by atoms with Crippen LogP contribution in [0, 0.1) is 46.3 Å². The van der Waals surface area contributed by atoms with E-state index in [4.69, 9.17) is 13.8 Å². The van der Waals surface area contributed by atoms with Crippen LogP contribution in [0.25, 0.3) is 0 Å². The molecule has 0 bridgehead atoms. The fourth-order valence-corrected chi connectivity index (χ4v) is 9.79. The van der Waals surface area contributed by atoms with Gasteiger partial charge in [-0.25, -0.2) is 4.18 Å². The Kier molecular flexibility index (Phi) is 7.62. The van der Waals surface area contributed by atoms with E-state index in [1.54, 1.807) is 0 Å². The van der Waals surface area contributed by atoms with Crippen LogP contribution in [-0.2, 0) is 24.2 Å². The number of hydrogen-bond donors (Lipinski definition) is 3. The first-order valence-corrected chi connectivity index (χ1v) is 14.8. The van der Waals surface area contributed by atoms with Gasteiger partial charge in [-0.1, -0.05) is 20.8 Å². The third kappa shape index (κ3) is 5.42. The fourth-order valence-electron chi connectivity index (χ4n) is 9.28. The highest BCUT2D eigenvalue weighted by atomic mass is 32.3. The van der Waals surface area contributed by atoms with Crippen LogP contribution in [0.5, 0.6) is 0 Å². The smallest absolute Gasteiger partial charge is 0.397 e. The molecule has 4 aliphatic carbocycles. The van der Waals surface area contributed by atoms with Crippen LogP contribution in [0.1, 0.15) is 91.4 Å². The molecule has 9 heteroatoms. The number of carboxylic acids is 1. The molecule has 9 atom stereocenters. The summed E-state index contributed by atoms with van der Waals surface area (Å²) in [6.07, 6.45) is 10.2. The van der Waals surface area contributed by atoms with E-state index >= 15 is 0 Å². The molecule has 1 amide bonds. The highest BCUT2D eigenvalue weighted by Gasteiger charge is 2.60. The minimum absolute atomic E-state index is 0.178. The molecule has 3 N–H and O–H groups in total. The summed E-state index contributed by atoms with van der Waals surface area (Å²) in [5.74, 6) is 2.31. The number of nitrogens with one attached hydrogen (secondary N) is 1. The largest absolute Gasteiger partial charge is 0.480 e. The van der Waals surface area contributed by atoms with Crippen molar-refractivity contribution < 1.29 is 31.8 Å². The molecular weight excluding hydrogens is 470 g/mol. The minimum atomic E-state index is -4.41. The number of amides is 1. The summed E-state index contributed by atoms with van der Waals surface area (Å²) >= 11 is 0. The first kappa shape index (κ1) is 26.9. The van der Waals surface area contributed by atoms with E-state index in [1.165, 1.54) is 32.1 Å². The zero-order valence-electron chi connectivity index (χ0n) is 21.4. The molecule has 0 saturated heterocycles. The maximum atomic E-state index is 12.1. The van der Waals surface area contributed by atoms with Crippen LogP contribution in [0.2, 0.25) is 0 Å². The molecule has 0 spiro atoms. The maximum absolute atomic E-state index is 12.1. The van der Waals surface area contributed by atoms with E-state index in [0.29, 0.717) is 54.8 Å². The van der Waals surface area contributed by atoms with Crippen molar-refractivity contribution in [3.63, 3.8) is 0 Å². The van der Waals surface area contributed by atoms with Crippen LogP contribution in [0.15, 0.2) is 0 Å². The SMILES string of the molecule is CC(CCC(=O)NCC(=O)O)[C@H]1CC[C@H]2[C@@H]3CCC4C[C@H](OS(=O)(=O)O)CC[C@]4(C)[C@H]3CC[C@]12C. The predicted octanol–water partition coefficient (Wildman–Crippen LogP) is 4.45. The Balaban J connectivity index is 1.39. The Bertz CT molecular complexity index is 923. The number of hydrogen-bond acceptors (Lipinski definition) is 5. The lowest BCUT2D eigenvalue weighted by atomic mass is 9.44. The zero-order chi connectivity index (χ0) is 25.6. The lowest BCUT2D eigenvalue weighted by molar-refractivity contribution is -0.138. The highest BCUT2D eigenvalue weighted by Crippen LogP contribution is 2.68. The predicted molar refractivity (Wildman–Crippen MR) is 131 cm³/mol. The molecule has 4 fully saturated rings. The first-order valence-electron chi connectivity index (χ1n) is 13.5. The molecule has 0 aliphatic heterocycles. The van der Waals surface area contributed by atoms with Crippen LogP contribution in [-0.4, -0.2) is 42.6 Å². The van der Waals surface area contributed by atoms with Gasteiger partial charge in [0.15, 0.2) is 0 Å². The van der Waals surface area contributed by atoms with Crippen molar-refractivity contribution in [1.29, 1.82) is 0 Å². The Morgan fingerprint density at radius 2 is 1.71 bits per heavy atom. The van der Waals surface area contributed by atoms with Gasteiger partial charge in [-0.15, -0.1) is 0 Å². The normalized spacial score (nSPS) is 41.8. The van der Waals surface area contributed by atoms with E-state index in [0.717, 1.165) is 19.3 Å². The van der Waals surface area contributed by atoms with Crippen LogP contribution >= 0.6 is 0 Å². The average molecular weight is 514 g/mol. The van der Waals surface area contributed by atoms with Gasteiger partial charge >= 0.3 is 16.4 Å². The van der Waals surface area contributed by atoms with Crippen molar-refractivity contribution in [3.05, 3.63) is 0 Å². The van der Waals surface area contributed by atoms with Crippen molar-refractivity contribution in [3.8, 4) is 0 Å². The number of aliphatic carboxylic acids is 1. The molecule has 0 heterocycles. The molecule has 0 radical (unpaired) electrons. The van der Waals surface area contributed by atoms with Gasteiger partial charge in [0.25, 0.3) is 0 Å². The van der Waals surface area contributed by atoms with Crippen LogP contribution in [0.3, 0.4) is 0 Å². The summed E-state index contributed by atoms with van der Waals surface area (Å²) in [5.41, 5.74) is 0.488. The number of carbonyl (C=O) groups is 2. The molecule has 4 saturated carbocycles. The van der Waals surface area contributed by atoms with E-state index in [1.807, 2.05) is 0 Å². The Morgan fingerprint density at radius 1 is 1.03 bits per heavy atom. The molecule has 35 heavy (non-hydrogen) atoms. The summed E-state index contributed by atoms with van der Waals surface area (Å²) in [5, 5.41) is 11.2. The fraction of sp³-hybridized carbons (Fsp3) is 0.923. The molecule has 0 aromatic rings. The van der Waals surface area contributed by atoms with Gasteiger partial charge in [-0.05, 0) is 111 Å². The molecule has 2 unspecified atom stereocenters. The van der Waals surface area contributed by atoms with E-state index in [-0.39, 0.29) is 23.3 Å². The Labute approximate surface area is 209 Å². The summed E-state index contributed by atoms with van der Waals surface area (Å²) in [7, 11) is -4.41. The van der Waals surface area contributed by atoms with E-state index < -0.39 is 22.5 Å². The molecule has 0 aromatic carbocycles. The van der Waals surface area contributed by atoms with Gasteiger partial charge in [0, 0.05) is 6.42 Å². The zero-order valence-corrected chi connectivity index (χ0v) is 22.2. The van der Waals surface area contributed by atoms with Gasteiger partial charge in [-0.3, -0.25) is 14.1 Å². The second-order valence-electron chi connectivity index (χ2n) is 12.5. The molecule has 4 aliphatic rings. The highest BCUT2D eigenvalue weighted by molar-refractivity contribution is 7.80. The molecule has 8 nitrogen and oxygen atoms in total. The number of carboxylic acid groups (broad SMARTS) is 1. The number of fused-ring (bicyclic) bond motifs is 5. The maximum Gasteiger partial charge on any atom is 0.397 e. The second kappa shape index (κ2) is 9.93. The van der Waals surface area contributed by atoms with Crippen molar-refractivity contribution in [2.75, 3.05) is 6.54 Å². The van der Waals surface area contributed by atoms with Gasteiger partial charge in [0.05, 0.1) is 6.10 Å². The summed E-state index contributed by atoms with van der Waals surface area (Å²) in [6.45, 7) is 6.86. The van der Waals surface area contributed by atoms with Gasteiger partial charge in [-0.2, -0.15) is 8.42 Å². The third-order valence-electron chi connectivity index (χ3n) is 10.9. The van der Waals surface area contributed by atoms with Crippen molar-refractivity contribution >= 4 is 22.3 Å². The second-order valence-corrected chi connectivity index (χ2v) is 13.5. The number of carbonyl (C=O) groups excluding carboxylic acids is 1. The molecule has 0 aromatic heterocycles. The van der Waals surface area contributed by atoms with Gasteiger partial charge < -0.3 is 10.4 Å². The van der Waals surface area contributed by atoms with Crippen LogP contribution < -0.4 is 5.32 Å². The lowest BCUT2D eigenvalue weighted by Crippen LogP contribution is -2.54. The summed E-state index contributed by atoms with van der Waals surface area (Å²) in [4.78, 5) is 22.7. The minimum Gasteiger partial charge on any atom is -0.480 e. The average Bonchev–Trinajstić information content (AvgIpc) is 3.12. The first-order chi connectivity index (χ1) is 16.3. The van der Waals surface area contributed by atoms with Gasteiger partial charge in [0.1, 0.15) is 6.54 Å². The van der Waals surface area contributed by atoms with Crippen LogP contribution in [0.4, 0.5) is 0 Å².